The number of thiazole rings is 1. The molecule has 0 unspecified atom stereocenters. The number of nitrogens with zero attached hydrogens (tertiary/aromatic N) is 2. The van der Waals surface area contributed by atoms with Gasteiger partial charge in [0.2, 0.25) is 0 Å². The number of H-pyrrole nitrogens is 1. The fraction of sp³-hybridized carbons (Fsp3) is 0.478. The summed E-state index contributed by atoms with van der Waals surface area (Å²) in [5.74, 6) is 1.53. The van der Waals surface area contributed by atoms with Gasteiger partial charge >= 0.3 is 0 Å². The van der Waals surface area contributed by atoms with E-state index in [1.165, 1.54) is 53.9 Å². The molecule has 5 nitrogen and oxygen atoms in total. The first-order chi connectivity index (χ1) is 14.7. The Balaban J connectivity index is 1.37. The predicted molar refractivity (Wildman–Crippen MR) is 127 cm³/mol. The molecule has 158 valence electrons. The topological polar surface area (TPSA) is 65.6 Å². The Morgan fingerprint density at radius 3 is 2.63 bits per heavy atom. The highest BCUT2D eigenvalue weighted by Crippen LogP contribution is 2.46. The number of thioether (sulfide) groups is 1. The van der Waals surface area contributed by atoms with Crippen LogP contribution in [0.5, 0.6) is 0 Å². The van der Waals surface area contributed by atoms with Crippen LogP contribution in [-0.2, 0) is 0 Å². The first-order valence-corrected chi connectivity index (χ1v) is 12.6. The molecule has 0 radical (unpaired) electrons. The lowest BCUT2D eigenvalue weighted by atomic mass is 9.85. The van der Waals surface area contributed by atoms with Crippen molar-refractivity contribution in [3.63, 3.8) is 0 Å². The summed E-state index contributed by atoms with van der Waals surface area (Å²) in [6.45, 7) is 2.01. The zero-order valence-electron chi connectivity index (χ0n) is 17.6. The minimum atomic E-state index is 0.671. The van der Waals surface area contributed by atoms with Gasteiger partial charge in [-0.15, -0.1) is 23.1 Å². The Hall–Kier alpha value is -1.83. The van der Waals surface area contributed by atoms with E-state index in [-0.39, 0.29) is 0 Å². The van der Waals surface area contributed by atoms with E-state index in [0.29, 0.717) is 12.0 Å². The second-order valence-electron chi connectivity index (χ2n) is 8.49. The molecule has 2 aromatic heterocycles. The molecule has 2 aliphatic rings. The number of aryl methyl sites for hydroxylation is 1. The van der Waals surface area contributed by atoms with Crippen LogP contribution in [0.25, 0.3) is 10.6 Å². The smallest absolute Gasteiger partial charge is 0.152 e. The van der Waals surface area contributed by atoms with Gasteiger partial charge in [-0.3, -0.25) is 5.10 Å². The minimum absolute atomic E-state index is 0.671. The van der Waals surface area contributed by atoms with Gasteiger partial charge in [-0.05, 0) is 76.6 Å². The first-order valence-electron chi connectivity index (χ1n) is 10.9. The summed E-state index contributed by atoms with van der Waals surface area (Å²) >= 11 is 3.89. The number of aromatic nitrogens is 3. The number of hydrogen-bond donors (Lipinski definition) is 3. The third-order valence-corrected chi connectivity index (χ3v) is 8.66. The molecule has 2 aliphatic carbocycles. The van der Waals surface area contributed by atoms with Gasteiger partial charge in [-0.2, -0.15) is 5.10 Å². The molecule has 0 amide bonds. The van der Waals surface area contributed by atoms with Crippen molar-refractivity contribution in [1.29, 1.82) is 0 Å². The third kappa shape index (κ3) is 4.58. The molecule has 0 spiro atoms. The molecule has 0 bridgehead atoms. The van der Waals surface area contributed by atoms with Crippen molar-refractivity contribution in [2.24, 2.45) is 0 Å². The lowest BCUT2D eigenvalue weighted by Gasteiger charge is -2.27. The minimum Gasteiger partial charge on any atom is -0.339 e. The Morgan fingerprint density at radius 1 is 1.10 bits per heavy atom. The van der Waals surface area contributed by atoms with Crippen LogP contribution in [0.1, 0.15) is 55.0 Å². The number of anilines is 2. The zero-order chi connectivity index (χ0) is 20.5. The van der Waals surface area contributed by atoms with E-state index < -0.39 is 0 Å². The number of nitrogens with one attached hydrogen (secondary N) is 3. The van der Waals surface area contributed by atoms with Gasteiger partial charge in [-0.25, -0.2) is 4.98 Å². The van der Waals surface area contributed by atoms with Crippen LogP contribution in [0.15, 0.2) is 35.4 Å². The maximum Gasteiger partial charge on any atom is 0.152 e. The van der Waals surface area contributed by atoms with Gasteiger partial charge in [-0.1, -0.05) is 0 Å². The quantitative estimate of drug-likeness (QED) is 0.416. The van der Waals surface area contributed by atoms with Crippen LogP contribution in [0.4, 0.5) is 11.5 Å². The second kappa shape index (κ2) is 8.73. The van der Waals surface area contributed by atoms with Gasteiger partial charge in [0, 0.05) is 50.3 Å². The van der Waals surface area contributed by atoms with Crippen LogP contribution in [-0.4, -0.2) is 33.5 Å². The summed E-state index contributed by atoms with van der Waals surface area (Å²) in [5, 5.41) is 16.1. The van der Waals surface area contributed by atoms with Gasteiger partial charge in [0.1, 0.15) is 5.01 Å². The van der Waals surface area contributed by atoms with E-state index in [9.17, 15) is 0 Å². The molecule has 5 rings (SSSR count). The van der Waals surface area contributed by atoms with Crippen molar-refractivity contribution >= 4 is 34.6 Å². The number of benzene rings is 1. The van der Waals surface area contributed by atoms with Gasteiger partial charge < -0.3 is 10.6 Å². The summed E-state index contributed by atoms with van der Waals surface area (Å²) in [6.07, 6.45) is 9.84. The summed E-state index contributed by atoms with van der Waals surface area (Å²) < 4.78 is 0. The van der Waals surface area contributed by atoms with Crippen molar-refractivity contribution in [1.82, 2.24) is 20.5 Å². The number of aromatic amines is 1. The molecule has 3 N–H and O–H groups in total. The van der Waals surface area contributed by atoms with E-state index >= 15 is 0 Å². The van der Waals surface area contributed by atoms with Crippen LogP contribution in [0, 0.1) is 6.92 Å². The lowest BCUT2D eigenvalue weighted by Crippen LogP contribution is -2.29. The Morgan fingerprint density at radius 2 is 1.93 bits per heavy atom. The van der Waals surface area contributed by atoms with E-state index in [1.807, 2.05) is 36.1 Å². The molecular formula is C23H29N5S2. The summed E-state index contributed by atoms with van der Waals surface area (Å²) in [6, 6.07) is 9.36. The zero-order valence-corrected chi connectivity index (χ0v) is 19.2. The Labute approximate surface area is 186 Å². The summed E-state index contributed by atoms with van der Waals surface area (Å²) in [7, 11) is 2.08. The van der Waals surface area contributed by atoms with Crippen LogP contribution < -0.4 is 10.6 Å². The SMILES string of the molecule is CN[C@H]1CC[C@@H](c2cnc(-c3ccc(Nc4cc(C)[nH]n4)cc3SC3CC3)s2)CC1. The molecule has 7 heteroatoms. The predicted octanol–water partition coefficient (Wildman–Crippen LogP) is 6.09. The summed E-state index contributed by atoms with van der Waals surface area (Å²) in [4.78, 5) is 7.64. The second-order valence-corrected chi connectivity index (χ2v) is 10.9. The largest absolute Gasteiger partial charge is 0.339 e. The molecule has 2 fully saturated rings. The highest BCUT2D eigenvalue weighted by atomic mass is 32.2. The molecule has 0 atom stereocenters. The number of hydrogen-bond acceptors (Lipinski definition) is 6. The highest BCUT2D eigenvalue weighted by Gasteiger charge is 2.26. The van der Waals surface area contributed by atoms with E-state index in [2.05, 4.69) is 52.3 Å². The highest BCUT2D eigenvalue weighted by molar-refractivity contribution is 8.00. The fourth-order valence-electron chi connectivity index (χ4n) is 4.14. The van der Waals surface area contributed by atoms with Crippen molar-refractivity contribution < 1.29 is 0 Å². The lowest BCUT2D eigenvalue weighted by molar-refractivity contribution is 0.361. The van der Waals surface area contributed by atoms with Crippen molar-refractivity contribution in [3.8, 4) is 10.6 Å². The first kappa shape index (κ1) is 20.1. The molecule has 2 heterocycles. The Bertz CT molecular complexity index is 999. The molecule has 30 heavy (non-hydrogen) atoms. The van der Waals surface area contributed by atoms with Crippen LogP contribution in [0.3, 0.4) is 0 Å². The van der Waals surface area contributed by atoms with Gasteiger partial charge in [0.05, 0.1) is 0 Å². The van der Waals surface area contributed by atoms with Crippen molar-refractivity contribution in [2.45, 2.75) is 67.6 Å². The fourth-order valence-corrected chi connectivity index (χ4v) is 6.54. The summed E-state index contributed by atoms with van der Waals surface area (Å²) in [5.41, 5.74) is 3.41. The average molecular weight is 440 g/mol. The molecule has 3 aromatic rings. The van der Waals surface area contributed by atoms with Crippen molar-refractivity contribution in [2.75, 3.05) is 12.4 Å². The van der Waals surface area contributed by atoms with Gasteiger partial charge in [0.15, 0.2) is 5.82 Å². The normalized spacial score (nSPS) is 21.7. The maximum absolute atomic E-state index is 4.86. The van der Waals surface area contributed by atoms with Crippen LogP contribution in [0.2, 0.25) is 0 Å². The third-order valence-electron chi connectivity index (χ3n) is 6.07. The molecule has 2 saturated carbocycles. The van der Waals surface area contributed by atoms with Crippen molar-refractivity contribution in [3.05, 3.63) is 41.0 Å². The maximum atomic E-state index is 4.86. The molecule has 1 aromatic carbocycles. The molecule has 0 aliphatic heterocycles. The van der Waals surface area contributed by atoms with Crippen LogP contribution >= 0.6 is 23.1 Å². The molecular weight excluding hydrogens is 410 g/mol. The average Bonchev–Trinajstić information content (AvgIpc) is 3.27. The monoisotopic (exact) mass is 439 g/mol. The van der Waals surface area contributed by atoms with E-state index in [1.54, 1.807) is 0 Å². The van der Waals surface area contributed by atoms with E-state index in [0.717, 1.165) is 27.5 Å². The number of rotatable bonds is 7. The standard InChI is InChI=1S/C23H29N5S2/c1-14-11-22(28-27-14)26-17-7-10-19(20(12-17)29-18-8-9-18)23-25-13-21(30-23)15-3-5-16(24-2)6-4-15/h7,10-13,15-16,18,24H,3-6,8-9H2,1-2H3,(H2,26,27,28)/t15-,16+. The van der Waals surface area contributed by atoms with Gasteiger partial charge in [0.25, 0.3) is 0 Å². The Kier molecular flexibility index (Phi) is 5.85. The van der Waals surface area contributed by atoms with E-state index in [4.69, 9.17) is 4.98 Å². The molecule has 0 saturated heterocycles.